The molecule has 2 aromatic rings. The number of thiophene rings is 1. The predicted octanol–water partition coefficient (Wildman–Crippen LogP) is 4.25. The lowest BCUT2D eigenvalue weighted by Crippen LogP contribution is -2.09. The van der Waals surface area contributed by atoms with Gasteiger partial charge in [-0.25, -0.2) is 0 Å². The monoisotopic (exact) mass is 309 g/mol. The first kappa shape index (κ1) is 12.8. The van der Waals surface area contributed by atoms with Crippen LogP contribution in [-0.2, 0) is 6.42 Å². The fraction of sp³-hybridized carbons (Fsp3) is 0.286. The van der Waals surface area contributed by atoms with Crippen molar-refractivity contribution in [2.45, 2.75) is 13.3 Å². The molecule has 0 spiro atoms. The summed E-state index contributed by atoms with van der Waals surface area (Å²) in [4.78, 5) is 1.34. The first-order valence-electron chi connectivity index (χ1n) is 5.69. The second-order valence-electron chi connectivity index (χ2n) is 4.14. The van der Waals surface area contributed by atoms with Crippen molar-refractivity contribution in [3.05, 3.63) is 45.2 Å². The molecule has 2 rings (SSSR count). The van der Waals surface area contributed by atoms with E-state index in [0.717, 1.165) is 13.0 Å². The summed E-state index contributed by atoms with van der Waals surface area (Å²) in [5, 5.41) is 5.43. The molecule has 1 heterocycles. The fourth-order valence-electron chi connectivity index (χ4n) is 1.67. The molecule has 17 heavy (non-hydrogen) atoms. The minimum Gasteiger partial charge on any atom is -0.319 e. The molecule has 1 aromatic carbocycles. The Morgan fingerprint density at radius 1 is 1.29 bits per heavy atom. The van der Waals surface area contributed by atoms with Crippen LogP contribution in [0.3, 0.4) is 0 Å². The lowest BCUT2D eigenvalue weighted by molar-refractivity contribution is 0.793. The Kier molecular flexibility index (Phi) is 4.37. The van der Waals surface area contributed by atoms with Crippen molar-refractivity contribution in [1.82, 2.24) is 5.32 Å². The highest BCUT2D eigenvalue weighted by Gasteiger charge is 2.04. The van der Waals surface area contributed by atoms with Crippen LogP contribution in [0.25, 0.3) is 10.4 Å². The van der Waals surface area contributed by atoms with Gasteiger partial charge in [-0.3, -0.25) is 0 Å². The Labute approximate surface area is 115 Å². The highest BCUT2D eigenvalue weighted by Crippen LogP contribution is 2.30. The molecule has 0 amide bonds. The predicted molar refractivity (Wildman–Crippen MR) is 79.8 cm³/mol. The van der Waals surface area contributed by atoms with Crippen molar-refractivity contribution >= 4 is 27.3 Å². The van der Waals surface area contributed by atoms with Gasteiger partial charge in [0.2, 0.25) is 0 Å². The third kappa shape index (κ3) is 3.18. The molecule has 0 bridgehead atoms. The largest absolute Gasteiger partial charge is 0.319 e. The highest BCUT2D eigenvalue weighted by atomic mass is 79.9. The summed E-state index contributed by atoms with van der Waals surface area (Å²) in [6, 6.07) is 8.84. The average Bonchev–Trinajstić information content (AvgIpc) is 2.79. The number of aryl methyl sites for hydroxylation is 1. The lowest BCUT2D eigenvalue weighted by Gasteiger charge is -2.01. The van der Waals surface area contributed by atoms with E-state index in [-0.39, 0.29) is 0 Å². The maximum atomic E-state index is 3.59. The summed E-state index contributed by atoms with van der Waals surface area (Å²) in [5.41, 5.74) is 3.99. The van der Waals surface area contributed by atoms with Crippen LogP contribution in [-0.4, -0.2) is 13.6 Å². The minimum atomic E-state index is 1.04. The van der Waals surface area contributed by atoms with Crippen LogP contribution in [0.15, 0.2) is 34.1 Å². The molecule has 3 heteroatoms. The van der Waals surface area contributed by atoms with Crippen molar-refractivity contribution in [3.8, 4) is 10.4 Å². The topological polar surface area (TPSA) is 12.0 Å². The van der Waals surface area contributed by atoms with E-state index in [1.165, 1.54) is 26.0 Å². The van der Waals surface area contributed by atoms with Crippen LogP contribution in [0, 0.1) is 6.92 Å². The standard InChI is InChI=1S/C14H16BrNS/c1-10-3-4-12(8-13(10)15)14-7-11(9-17-14)5-6-16-2/h3-4,7-9,16H,5-6H2,1-2H3. The molecule has 0 saturated carbocycles. The molecule has 0 fully saturated rings. The van der Waals surface area contributed by atoms with Gasteiger partial charge in [0, 0.05) is 9.35 Å². The second kappa shape index (κ2) is 5.80. The van der Waals surface area contributed by atoms with Gasteiger partial charge in [-0.05, 0) is 61.1 Å². The number of likely N-dealkylation sites (N-methyl/N-ethyl adjacent to an activating group) is 1. The minimum absolute atomic E-state index is 1.04. The maximum absolute atomic E-state index is 3.59. The third-order valence-electron chi connectivity index (χ3n) is 2.77. The van der Waals surface area contributed by atoms with Gasteiger partial charge in [-0.2, -0.15) is 0 Å². The normalized spacial score (nSPS) is 10.8. The summed E-state index contributed by atoms with van der Waals surface area (Å²) in [7, 11) is 1.99. The molecule has 1 N–H and O–H groups in total. The smallest absolute Gasteiger partial charge is 0.0345 e. The van der Waals surface area contributed by atoms with Gasteiger partial charge in [0.05, 0.1) is 0 Å². The van der Waals surface area contributed by atoms with Gasteiger partial charge >= 0.3 is 0 Å². The lowest BCUT2D eigenvalue weighted by atomic mass is 10.1. The van der Waals surface area contributed by atoms with E-state index in [4.69, 9.17) is 0 Å². The summed E-state index contributed by atoms with van der Waals surface area (Å²) >= 11 is 5.41. The quantitative estimate of drug-likeness (QED) is 0.890. The Hall–Kier alpha value is -0.640. The van der Waals surface area contributed by atoms with E-state index in [9.17, 15) is 0 Å². The molecule has 0 aliphatic carbocycles. The van der Waals surface area contributed by atoms with E-state index >= 15 is 0 Å². The molecule has 0 atom stereocenters. The molecule has 0 aliphatic rings. The molecular weight excluding hydrogens is 294 g/mol. The fourth-order valence-corrected chi connectivity index (χ4v) is 3.00. The van der Waals surface area contributed by atoms with Crippen LogP contribution in [0.4, 0.5) is 0 Å². The molecule has 1 aromatic heterocycles. The molecule has 90 valence electrons. The number of hydrogen-bond acceptors (Lipinski definition) is 2. The van der Waals surface area contributed by atoms with Crippen LogP contribution in [0.5, 0.6) is 0 Å². The van der Waals surface area contributed by atoms with E-state index in [2.05, 4.69) is 57.8 Å². The van der Waals surface area contributed by atoms with E-state index < -0.39 is 0 Å². The van der Waals surface area contributed by atoms with Gasteiger partial charge in [-0.15, -0.1) is 11.3 Å². The SMILES string of the molecule is CNCCc1csc(-c2ccc(C)c(Br)c2)c1. The van der Waals surface area contributed by atoms with Gasteiger partial charge in [0.25, 0.3) is 0 Å². The van der Waals surface area contributed by atoms with E-state index in [1.807, 2.05) is 18.4 Å². The Morgan fingerprint density at radius 2 is 2.12 bits per heavy atom. The summed E-state index contributed by atoms with van der Waals surface area (Å²) in [6.07, 6.45) is 1.10. The number of benzene rings is 1. The zero-order chi connectivity index (χ0) is 12.3. The second-order valence-corrected chi connectivity index (χ2v) is 5.90. The van der Waals surface area contributed by atoms with Gasteiger partial charge in [0.1, 0.15) is 0 Å². The molecule has 0 saturated heterocycles. The molecule has 0 unspecified atom stereocenters. The summed E-state index contributed by atoms with van der Waals surface area (Å²) in [6.45, 7) is 3.15. The molecule has 1 nitrogen and oxygen atoms in total. The number of hydrogen-bond donors (Lipinski definition) is 1. The number of nitrogens with one attached hydrogen (secondary N) is 1. The molecule has 0 radical (unpaired) electrons. The summed E-state index contributed by atoms with van der Waals surface area (Å²) in [5.74, 6) is 0. The van der Waals surface area contributed by atoms with Crippen molar-refractivity contribution in [1.29, 1.82) is 0 Å². The third-order valence-corrected chi connectivity index (χ3v) is 4.66. The van der Waals surface area contributed by atoms with Crippen LogP contribution in [0.2, 0.25) is 0 Å². The van der Waals surface area contributed by atoms with Gasteiger partial charge < -0.3 is 5.32 Å². The molecule has 0 aliphatic heterocycles. The Bertz CT molecular complexity index is 505. The average molecular weight is 310 g/mol. The van der Waals surface area contributed by atoms with Crippen molar-refractivity contribution < 1.29 is 0 Å². The first-order valence-corrected chi connectivity index (χ1v) is 7.36. The van der Waals surface area contributed by atoms with Crippen molar-refractivity contribution in [3.63, 3.8) is 0 Å². The zero-order valence-corrected chi connectivity index (χ0v) is 12.5. The molecular formula is C14H16BrNS. The van der Waals surface area contributed by atoms with Crippen molar-refractivity contribution in [2.24, 2.45) is 0 Å². The summed E-state index contributed by atoms with van der Waals surface area (Å²) < 4.78 is 1.18. The highest BCUT2D eigenvalue weighted by molar-refractivity contribution is 9.10. The number of halogens is 1. The van der Waals surface area contributed by atoms with Gasteiger partial charge in [-0.1, -0.05) is 28.1 Å². The van der Waals surface area contributed by atoms with E-state index in [1.54, 1.807) is 0 Å². The maximum Gasteiger partial charge on any atom is 0.0345 e. The van der Waals surface area contributed by atoms with Crippen LogP contribution in [0.1, 0.15) is 11.1 Å². The Morgan fingerprint density at radius 3 is 2.82 bits per heavy atom. The van der Waals surface area contributed by atoms with Crippen LogP contribution < -0.4 is 5.32 Å². The number of rotatable bonds is 4. The zero-order valence-electron chi connectivity index (χ0n) is 10.1. The van der Waals surface area contributed by atoms with E-state index in [0.29, 0.717) is 0 Å². The van der Waals surface area contributed by atoms with Crippen LogP contribution >= 0.6 is 27.3 Å². The van der Waals surface area contributed by atoms with Crippen molar-refractivity contribution in [2.75, 3.05) is 13.6 Å². The first-order chi connectivity index (χ1) is 8.20. The Balaban J connectivity index is 2.21. The van der Waals surface area contributed by atoms with Gasteiger partial charge in [0.15, 0.2) is 0 Å².